The van der Waals surface area contributed by atoms with Crippen LogP contribution in [0.5, 0.6) is 0 Å². The zero-order valence-electron chi connectivity index (χ0n) is 11.3. The number of alkyl halides is 3. The molecule has 1 rings (SSSR count). The summed E-state index contributed by atoms with van der Waals surface area (Å²) in [4.78, 5) is 11.7. The number of ether oxygens (including phenoxy) is 1. The van der Waals surface area contributed by atoms with Crippen molar-refractivity contribution < 1.29 is 31.5 Å². The van der Waals surface area contributed by atoms with Crippen LogP contribution >= 0.6 is 0 Å². The van der Waals surface area contributed by atoms with Gasteiger partial charge in [-0.1, -0.05) is 17.1 Å². The second kappa shape index (κ2) is 7.38. The van der Waals surface area contributed by atoms with Crippen molar-refractivity contribution in [3.63, 3.8) is 0 Å². The Kier molecular flexibility index (Phi) is 6.08. The summed E-state index contributed by atoms with van der Waals surface area (Å²) in [6, 6.07) is 3.85. The lowest BCUT2D eigenvalue weighted by Gasteiger charge is -2.17. The van der Waals surface area contributed by atoms with Crippen LogP contribution in [0.3, 0.4) is 0 Å². The molecule has 0 heterocycles. The van der Waals surface area contributed by atoms with Gasteiger partial charge in [-0.25, -0.2) is 0 Å². The van der Waals surface area contributed by atoms with Crippen molar-refractivity contribution in [1.82, 2.24) is 0 Å². The van der Waals surface area contributed by atoms with Gasteiger partial charge in [-0.05, 0) is 30.2 Å². The van der Waals surface area contributed by atoms with Crippen LogP contribution in [-0.2, 0) is 32.5 Å². The van der Waals surface area contributed by atoms with Crippen LogP contribution in [0.2, 0.25) is 0 Å². The van der Waals surface area contributed by atoms with Gasteiger partial charge in [0.2, 0.25) is 0 Å². The van der Waals surface area contributed by atoms with Gasteiger partial charge in [0.25, 0.3) is 0 Å². The number of benzene rings is 1. The Morgan fingerprint density at radius 2 is 2.14 bits per heavy atom. The highest BCUT2D eigenvalue weighted by Crippen LogP contribution is 2.33. The molecule has 22 heavy (non-hydrogen) atoms. The summed E-state index contributed by atoms with van der Waals surface area (Å²) in [6.45, 7) is 1.49. The van der Waals surface area contributed by atoms with Gasteiger partial charge < -0.3 is 9.29 Å². The maximum atomic E-state index is 12.7. The summed E-state index contributed by atoms with van der Waals surface area (Å²) in [5.41, 5.74) is -1.43. The first-order valence-corrected chi connectivity index (χ1v) is 7.27. The largest absolute Gasteiger partial charge is 0.772 e. The molecule has 120 valence electrons. The number of rotatable bonds is 5. The Bertz CT molecular complexity index is 625. The molecule has 0 aliphatic heterocycles. The smallest absolute Gasteiger partial charge is 0.416 e. The molecule has 0 saturated carbocycles. The van der Waals surface area contributed by atoms with Crippen LogP contribution in [0.15, 0.2) is 18.2 Å². The fraction of sp³-hybridized carbons (Fsp3) is 0.385. The maximum Gasteiger partial charge on any atom is 0.416 e. The molecular weight excluding hydrogens is 323 g/mol. The third-order valence-corrected chi connectivity index (χ3v) is 3.25. The maximum absolute atomic E-state index is 12.7. The van der Waals surface area contributed by atoms with Crippen LogP contribution in [0.1, 0.15) is 29.5 Å². The molecule has 0 N–H and O–H groups in total. The fourth-order valence-electron chi connectivity index (χ4n) is 1.79. The van der Waals surface area contributed by atoms with E-state index in [0.717, 1.165) is 6.07 Å². The normalized spacial score (nSPS) is 14.0. The number of nitrogens with zero attached hydrogens (tertiary/aromatic N) is 1. The SMILES string of the molecule is CCOC(=O)C(C#N)c1ccc(C(F)(F)F)cc1CS(=O)[O-]. The highest BCUT2D eigenvalue weighted by Gasteiger charge is 2.32. The topological polar surface area (TPSA) is 90.2 Å². The number of esters is 1. The molecule has 0 aliphatic carbocycles. The molecule has 2 atom stereocenters. The van der Waals surface area contributed by atoms with Crippen LogP contribution in [-0.4, -0.2) is 21.3 Å². The van der Waals surface area contributed by atoms with Crippen molar-refractivity contribution in [1.29, 1.82) is 5.26 Å². The van der Waals surface area contributed by atoms with Crippen molar-refractivity contribution >= 4 is 17.0 Å². The lowest BCUT2D eigenvalue weighted by atomic mass is 9.94. The second-order valence-electron chi connectivity index (χ2n) is 4.17. The summed E-state index contributed by atoms with van der Waals surface area (Å²) < 4.78 is 64.4. The third-order valence-electron chi connectivity index (χ3n) is 2.71. The van der Waals surface area contributed by atoms with E-state index in [1.54, 1.807) is 6.07 Å². The average molecular weight is 334 g/mol. The van der Waals surface area contributed by atoms with Gasteiger partial charge in [0.1, 0.15) is 0 Å². The van der Waals surface area contributed by atoms with Gasteiger partial charge in [0.05, 0.1) is 18.2 Å². The quantitative estimate of drug-likeness (QED) is 0.608. The van der Waals surface area contributed by atoms with Crippen molar-refractivity contribution in [3.05, 3.63) is 34.9 Å². The Morgan fingerprint density at radius 3 is 2.59 bits per heavy atom. The van der Waals surface area contributed by atoms with Gasteiger partial charge in [-0.15, -0.1) is 0 Å². The molecule has 0 bridgehead atoms. The first kappa shape index (κ1) is 18.1. The van der Waals surface area contributed by atoms with E-state index < -0.39 is 40.5 Å². The van der Waals surface area contributed by atoms with Crippen LogP contribution in [0, 0.1) is 11.3 Å². The van der Waals surface area contributed by atoms with Gasteiger partial charge in [-0.2, -0.15) is 18.4 Å². The summed E-state index contributed by atoms with van der Waals surface area (Å²) in [7, 11) is 0. The Morgan fingerprint density at radius 1 is 1.50 bits per heavy atom. The van der Waals surface area contributed by atoms with Crippen molar-refractivity contribution in [3.8, 4) is 6.07 Å². The Labute approximate surface area is 127 Å². The number of hydrogen-bond donors (Lipinski definition) is 0. The molecule has 2 unspecified atom stereocenters. The number of hydrogen-bond acceptors (Lipinski definition) is 5. The summed E-state index contributed by atoms with van der Waals surface area (Å²) in [6.07, 6.45) is -4.66. The Hall–Kier alpha value is -1.92. The van der Waals surface area contributed by atoms with E-state index in [1.165, 1.54) is 6.92 Å². The van der Waals surface area contributed by atoms with E-state index in [4.69, 9.17) is 5.26 Å². The Balaban J connectivity index is 3.36. The van der Waals surface area contributed by atoms with Crippen molar-refractivity contribution in [2.45, 2.75) is 24.8 Å². The van der Waals surface area contributed by atoms with E-state index in [2.05, 4.69) is 4.74 Å². The van der Waals surface area contributed by atoms with Crippen LogP contribution in [0.25, 0.3) is 0 Å². The van der Waals surface area contributed by atoms with Gasteiger partial charge in [-0.3, -0.25) is 9.00 Å². The highest BCUT2D eigenvalue weighted by molar-refractivity contribution is 7.78. The minimum atomic E-state index is -4.66. The van der Waals surface area contributed by atoms with E-state index in [0.29, 0.717) is 12.1 Å². The molecule has 0 saturated heterocycles. The van der Waals surface area contributed by atoms with E-state index in [1.807, 2.05) is 0 Å². The van der Waals surface area contributed by atoms with E-state index >= 15 is 0 Å². The molecule has 0 fully saturated rings. The van der Waals surface area contributed by atoms with Crippen molar-refractivity contribution in [2.75, 3.05) is 6.61 Å². The number of carbonyl (C=O) groups is 1. The molecule has 0 aromatic heterocycles. The summed E-state index contributed by atoms with van der Waals surface area (Å²) in [5, 5.41) is 9.04. The zero-order valence-corrected chi connectivity index (χ0v) is 12.2. The molecule has 1 aromatic rings. The van der Waals surface area contributed by atoms with Crippen LogP contribution in [0.4, 0.5) is 13.2 Å². The predicted molar refractivity (Wildman–Crippen MR) is 69.1 cm³/mol. The minimum absolute atomic E-state index is 0.0134. The molecule has 1 aromatic carbocycles. The minimum Gasteiger partial charge on any atom is -0.772 e. The summed E-state index contributed by atoms with van der Waals surface area (Å²) >= 11 is -2.68. The lowest BCUT2D eigenvalue weighted by molar-refractivity contribution is -0.143. The van der Waals surface area contributed by atoms with Crippen LogP contribution < -0.4 is 0 Å². The third kappa shape index (κ3) is 4.54. The number of halogens is 3. The standard InChI is InChI=1S/C13H12F3NO4S/c1-2-21-12(18)11(6-17)10-4-3-9(13(14,15)16)5-8(10)7-22(19)20/h3-5,11H,2,7H2,1H3,(H,19,20)/p-1. The molecule has 0 aliphatic rings. The first-order chi connectivity index (χ1) is 10.2. The van der Waals surface area contributed by atoms with Gasteiger partial charge >= 0.3 is 12.1 Å². The molecule has 0 radical (unpaired) electrons. The van der Waals surface area contributed by atoms with E-state index in [-0.39, 0.29) is 17.7 Å². The number of carbonyl (C=O) groups excluding carboxylic acids is 1. The highest BCUT2D eigenvalue weighted by atomic mass is 32.2. The molecule has 9 heteroatoms. The average Bonchev–Trinajstić information content (AvgIpc) is 2.39. The molecule has 0 spiro atoms. The van der Waals surface area contributed by atoms with Gasteiger partial charge in [0, 0.05) is 5.75 Å². The first-order valence-electron chi connectivity index (χ1n) is 6.02. The predicted octanol–water partition coefficient (Wildman–Crippen LogP) is 2.25. The zero-order chi connectivity index (χ0) is 16.9. The summed E-state index contributed by atoms with van der Waals surface area (Å²) in [5.74, 6) is -3.17. The lowest BCUT2D eigenvalue weighted by Crippen LogP contribution is -2.17. The van der Waals surface area contributed by atoms with Crippen molar-refractivity contribution in [2.24, 2.45) is 0 Å². The second-order valence-corrected chi connectivity index (χ2v) is 5.07. The van der Waals surface area contributed by atoms with E-state index in [9.17, 15) is 26.7 Å². The molecule has 0 amide bonds. The number of nitriles is 1. The monoisotopic (exact) mass is 334 g/mol. The fourth-order valence-corrected chi connectivity index (χ4v) is 2.29. The van der Waals surface area contributed by atoms with Gasteiger partial charge in [0.15, 0.2) is 5.92 Å². The molecule has 5 nitrogen and oxygen atoms in total. The molecular formula is C13H11F3NO4S-.